The molecule has 1 aromatic heterocycles. The Labute approximate surface area is 133 Å². The maximum absolute atomic E-state index is 11.8. The lowest BCUT2D eigenvalue weighted by molar-refractivity contribution is 0.174. The molecule has 0 unspecified atom stereocenters. The number of fused-ring (bicyclic) bond motifs is 1. The molecule has 0 fully saturated rings. The highest BCUT2D eigenvalue weighted by Gasteiger charge is 2.17. The molecule has 0 aliphatic carbocycles. The van der Waals surface area contributed by atoms with Crippen molar-refractivity contribution in [3.63, 3.8) is 0 Å². The van der Waals surface area contributed by atoms with Gasteiger partial charge in [0.2, 0.25) is 6.79 Å². The van der Waals surface area contributed by atoms with Crippen molar-refractivity contribution in [3.8, 4) is 22.8 Å². The smallest absolute Gasteiger partial charge is 0.305 e. The molecule has 0 saturated heterocycles. The number of unbranched alkanes of at least 4 members (excludes halogenated alkanes) is 1. The minimum atomic E-state index is -0.0217. The predicted octanol–water partition coefficient (Wildman–Crippen LogP) is 3.06. The maximum atomic E-state index is 11.8. The number of ether oxygens (including phenoxy) is 2. The molecule has 0 bridgehead atoms. The van der Waals surface area contributed by atoms with E-state index in [1.54, 1.807) is 0 Å². The van der Waals surface area contributed by atoms with Crippen LogP contribution < -0.4 is 14.3 Å². The highest BCUT2D eigenvalue weighted by molar-refractivity contribution is 7.09. The van der Waals surface area contributed by atoms with Crippen molar-refractivity contribution in [1.29, 1.82) is 0 Å². The second-order valence-electron chi connectivity index (χ2n) is 5.47. The third-order valence-electron chi connectivity index (χ3n) is 3.69. The van der Waals surface area contributed by atoms with Gasteiger partial charge in [0, 0.05) is 17.0 Å². The Morgan fingerprint density at radius 2 is 2.14 bits per heavy atom. The standard InChI is InChI=1S/C16H20N2O3S/c1-3-4-7-18(2)9-14-15(17-16(19)22-14)11-5-6-12-13(8-11)21-10-20-12/h5-6,8H,3-4,7,9-10H2,1-2H3,(H,17,19). The summed E-state index contributed by atoms with van der Waals surface area (Å²) in [6, 6.07) is 5.77. The molecule has 1 aliphatic heterocycles. The molecule has 22 heavy (non-hydrogen) atoms. The van der Waals surface area contributed by atoms with Gasteiger partial charge in [0.1, 0.15) is 0 Å². The van der Waals surface area contributed by atoms with Gasteiger partial charge in [-0.1, -0.05) is 24.7 Å². The Hall–Kier alpha value is -1.79. The van der Waals surface area contributed by atoms with Crippen LogP contribution in [0.25, 0.3) is 11.3 Å². The van der Waals surface area contributed by atoms with E-state index in [1.807, 2.05) is 18.2 Å². The third-order valence-corrected chi connectivity index (χ3v) is 4.56. The van der Waals surface area contributed by atoms with Crippen LogP contribution in [0.2, 0.25) is 0 Å². The summed E-state index contributed by atoms with van der Waals surface area (Å²) in [6.45, 7) is 4.24. The first-order chi connectivity index (χ1) is 10.7. The van der Waals surface area contributed by atoms with Crippen LogP contribution in [0.4, 0.5) is 0 Å². The topological polar surface area (TPSA) is 54.6 Å². The number of hydrogen-bond acceptors (Lipinski definition) is 5. The van der Waals surface area contributed by atoms with Gasteiger partial charge < -0.3 is 19.4 Å². The molecule has 1 aromatic carbocycles. The predicted molar refractivity (Wildman–Crippen MR) is 87.7 cm³/mol. The van der Waals surface area contributed by atoms with E-state index in [9.17, 15) is 4.79 Å². The molecular formula is C16H20N2O3S. The lowest BCUT2D eigenvalue weighted by Crippen LogP contribution is -2.18. The van der Waals surface area contributed by atoms with Crippen molar-refractivity contribution < 1.29 is 9.47 Å². The van der Waals surface area contributed by atoms with Gasteiger partial charge in [-0.3, -0.25) is 4.79 Å². The fourth-order valence-corrected chi connectivity index (χ4v) is 3.44. The van der Waals surface area contributed by atoms with Crippen LogP contribution in [-0.4, -0.2) is 30.3 Å². The number of aromatic nitrogens is 1. The van der Waals surface area contributed by atoms with E-state index < -0.39 is 0 Å². The number of nitrogens with one attached hydrogen (secondary N) is 1. The van der Waals surface area contributed by atoms with E-state index in [2.05, 4.69) is 23.9 Å². The van der Waals surface area contributed by atoms with E-state index >= 15 is 0 Å². The van der Waals surface area contributed by atoms with Crippen molar-refractivity contribution in [2.45, 2.75) is 26.3 Å². The number of hydrogen-bond donors (Lipinski definition) is 1. The van der Waals surface area contributed by atoms with Gasteiger partial charge in [0.15, 0.2) is 11.5 Å². The van der Waals surface area contributed by atoms with Gasteiger partial charge in [-0.25, -0.2) is 0 Å². The maximum Gasteiger partial charge on any atom is 0.305 e. The minimum absolute atomic E-state index is 0.0217. The molecule has 3 rings (SSSR count). The SMILES string of the molecule is CCCCN(C)Cc1sc(=O)[nH]c1-c1ccc2c(c1)OCO2. The molecule has 0 spiro atoms. The largest absolute Gasteiger partial charge is 0.454 e. The summed E-state index contributed by atoms with van der Waals surface area (Å²) in [5, 5.41) is 0. The highest BCUT2D eigenvalue weighted by atomic mass is 32.1. The summed E-state index contributed by atoms with van der Waals surface area (Å²) in [7, 11) is 2.09. The lowest BCUT2D eigenvalue weighted by Gasteiger charge is -2.15. The summed E-state index contributed by atoms with van der Waals surface area (Å²) in [6.07, 6.45) is 2.33. The molecule has 1 N–H and O–H groups in total. The normalized spacial score (nSPS) is 13.0. The molecule has 5 nitrogen and oxygen atoms in total. The van der Waals surface area contributed by atoms with Crippen LogP contribution >= 0.6 is 11.3 Å². The monoisotopic (exact) mass is 320 g/mol. The van der Waals surface area contributed by atoms with Gasteiger partial charge in [-0.15, -0.1) is 0 Å². The summed E-state index contributed by atoms with van der Waals surface area (Å²) in [4.78, 5) is 18.0. The second kappa shape index (κ2) is 6.54. The second-order valence-corrected chi connectivity index (χ2v) is 6.54. The zero-order valence-electron chi connectivity index (χ0n) is 12.8. The average molecular weight is 320 g/mol. The van der Waals surface area contributed by atoms with Crippen molar-refractivity contribution in [2.24, 2.45) is 0 Å². The van der Waals surface area contributed by atoms with Crippen LogP contribution in [0, 0.1) is 0 Å². The molecule has 0 saturated carbocycles. The number of rotatable bonds is 6. The van der Waals surface area contributed by atoms with Gasteiger partial charge in [0.25, 0.3) is 0 Å². The van der Waals surface area contributed by atoms with Crippen LogP contribution in [0.15, 0.2) is 23.0 Å². The van der Waals surface area contributed by atoms with Crippen LogP contribution in [0.3, 0.4) is 0 Å². The van der Waals surface area contributed by atoms with Crippen molar-refractivity contribution >= 4 is 11.3 Å². The van der Waals surface area contributed by atoms with E-state index in [0.717, 1.165) is 47.1 Å². The first-order valence-corrected chi connectivity index (χ1v) is 8.29. The number of benzene rings is 1. The number of thiazole rings is 1. The van der Waals surface area contributed by atoms with Crippen LogP contribution in [0.5, 0.6) is 11.5 Å². The molecule has 118 valence electrons. The molecule has 2 heterocycles. The quantitative estimate of drug-likeness (QED) is 0.889. The summed E-state index contributed by atoms with van der Waals surface area (Å²) in [5.41, 5.74) is 1.85. The molecule has 2 aromatic rings. The molecule has 6 heteroatoms. The zero-order chi connectivity index (χ0) is 15.5. The van der Waals surface area contributed by atoms with Crippen LogP contribution in [0.1, 0.15) is 24.6 Å². The van der Waals surface area contributed by atoms with E-state index in [0.29, 0.717) is 0 Å². The Bertz CT molecular complexity index is 708. The van der Waals surface area contributed by atoms with Crippen molar-refractivity contribution in [3.05, 3.63) is 32.7 Å². The van der Waals surface area contributed by atoms with Crippen LogP contribution in [-0.2, 0) is 6.54 Å². The van der Waals surface area contributed by atoms with Gasteiger partial charge >= 0.3 is 4.87 Å². The zero-order valence-corrected chi connectivity index (χ0v) is 13.7. The third kappa shape index (κ3) is 3.18. The van der Waals surface area contributed by atoms with E-state index in [-0.39, 0.29) is 11.7 Å². The molecule has 0 amide bonds. The number of aromatic amines is 1. The van der Waals surface area contributed by atoms with Gasteiger partial charge in [-0.05, 0) is 38.2 Å². The van der Waals surface area contributed by atoms with Crippen molar-refractivity contribution in [1.82, 2.24) is 9.88 Å². The molecule has 1 aliphatic rings. The minimum Gasteiger partial charge on any atom is -0.454 e. The lowest BCUT2D eigenvalue weighted by atomic mass is 10.1. The number of nitrogens with zero attached hydrogens (tertiary/aromatic N) is 1. The highest BCUT2D eigenvalue weighted by Crippen LogP contribution is 2.36. The first kappa shape index (κ1) is 15.1. The Morgan fingerprint density at radius 1 is 1.32 bits per heavy atom. The van der Waals surface area contributed by atoms with Crippen molar-refractivity contribution in [2.75, 3.05) is 20.4 Å². The van der Waals surface area contributed by atoms with E-state index in [4.69, 9.17) is 9.47 Å². The Morgan fingerprint density at radius 3 is 2.95 bits per heavy atom. The molecule has 0 radical (unpaired) electrons. The Balaban J connectivity index is 1.86. The first-order valence-electron chi connectivity index (χ1n) is 7.48. The molecule has 0 atom stereocenters. The average Bonchev–Trinajstić information content (AvgIpc) is 3.10. The van der Waals surface area contributed by atoms with Gasteiger partial charge in [-0.2, -0.15) is 0 Å². The fourth-order valence-electron chi connectivity index (χ4n) is 2.51. The summed E-state index contributed by atoms with van der Waals surface area (Å²) in [5.74, 6) is 1.48. The Kier molecular flexibility index (Phi) is 4.49. The number of H-pyrrole nitrogens is 1. The fraction of sp³-hybridized carbons (Fsp3) is 0.438. The molecular weight excluding hydrogens is 300 g/mol. The summed E-state index contributed by atoms with van der Waals surface area (Å²) < 4.78 is 10.8. The summed E-state index contributed by atoms with van der Waals surface area (Å²) >= 11 is 1.28. The van der Waals surface area contributed by atoms with E-state index in [1.165, 1.54) is 17.8 Å². The van der Waals surface area contributed by atoms with Gasteiger partial charge in [0.05, 0.1) is 5.69 Å².